The maximum atomic E-state index is 5.99. The largest absolute Gasteiger partial charge is 0.369 e. The van der Waals surface area contributed by atoms with Gasteiger partial charge in [0.25, 0.3) is 11.9 Å². The van der Waals surface area contributed by atoms with Crippen LogP contribution in [-0.4, -0.2) is 36.8 Å². The Morgan fingerprint density at radius 1 is 0.630 bits per heavy atom. The van der Waals surface area contributed by atoms with Crippen molar-refractivity contribution in [2.45, 2.75) is 13.8 Å². The number of hydrogen-bond acceptors (Lipinski definition) is 8. The highest BCUT2D eigenvalue weighted by Crippen LogP contribution is 2.26. The number of halogens is 5. The normalized spacial score (nSPS) is 11.4. The molecule has 17 heteroatoms. The van der Waals surface area contributed by atoms with Gasteiger partial charge in [-0.1, -0.05) is 58.0 Å². The fourth-order valence-electron chi connectivity index (χ4n) is 3.53. The second-order valence-corrected chi connectivity index (χ2v) is 11.2. The Morgan fingerprint density at radius 3 is 1.67 bits per heavy atom. The zero-order chi connectivity index (χ0) is 33.2. The van der Waals surface area contributed by atoms with Crippen LogP contribution >= 0.6 is 58.0 Å². The van der Waals surface area contributed by atoms with Gasteiger partial charge in [-0.05, 0) is 68.4 Å². The molecule has 7 N–H and O–H groups in total. The van der Waals surface area contributed by atoms with Crippen LogP contribution in [0, 0.1) is 13.8 Å². The topological polar surface area (TPSA) is 177 Å². The van der Waals surface area contributed by atoms with E-state index in [9.17, 15) is 0 Å². The Balaban J connectivity index is 0.000000216. The van der Waals surface area contributed by atoms with Crippen LogP contribution in [-0.2, 0) is 0 Å². The molecule has 0 spiro atoms. The van der Waals surface area contributed by atoms with Gasteiger partial charge in [0.05, 0.1) is 32.0 Å². The summed E-state index contributed by atoms with van der Waals surface area (Å²) in [4.78, 5) is 28.9. The van der Waals surface area contributed by atoms with E-state index in [-0.39, 0.29) is 23.8 Å². The number of benzene rings is 2. The second kappa shape index (κ2) is 16.2. The van der Waals surface area contributed by atoms with Gasteiger partial charge in [-0.3, -0.25) is 4.98 Å². The number of aromatic nitrogens is 5. The van der Waals surface area contributed by atoms with Crippen molar-refractivity contribution in [1.29, 1.82) is 0 Å². The predicted octanol–water partition coefficient (Wildman–Crippen LogP) is 8.09. The fraction of sp³-hybridized carbons (Fsp3) is 0.0690. The Bertz CT molecular complexity index is 1870. The SMILES string of the molecule is Cc1cc(Cl)nc(N=C(N)Nc2ccc(Cl)c(Cl)c2)n1.Cc1cc(Nc2cccnc2)nc(N=C(N)Nc2ccc(Cl)c(Cl)c2)n1. The number of pyridine rings is 1. The van der Waals surface area contributed by atoms with E-state index < -0.39 is 0 Å². The zero-order valence-electron chi connectivity index (χ0n) is 24.1. The molecule has 0 fully saturated rings. The molecular weight excluding hydrogens is 694 g/mol. The monoisotopic (exact) mass is 716 g/mol. The van der Waals surface area contributed by atoms with Crippen molar-refractivity contribution in [3.8, 4) is 0 Å². The van der Waals surface area contributed by atoms with E-state index >= 15 is 0 Å². The molecule has 2 aromatic carbocycles. The van der Waals surface area contributed by atoms with Crippen LogP contribution in [0.15, 0.2) is 83.0 Å². The summed E-state index contributed by atoms with van der Waals surface area (Å²) in [5.41, 5.74) is 15.3. The minimum Gasteiger partial charge on any atom is -0.369 e. The first-order chi connectivity index (χ1) is 21.9. The molecule has 0 saturated heterocycles. The minimum absolute atomic E-state index is 0.116. The Labute approximate surface area is 289 Å². The third kappa shape index (κ3) is 10.9. The van der Waals surface area contributed by atoms with E-state index in [4.69, 9.17) is 69.5 Å². The molecule has 0 saturated carbocycles. The van der Waals surface area contributed by atoms with Crippen LogP contribution in [0.4, 0.5) is 34.8 Å². The summed E-state index contributed by atoms with van der Waals surface area (Å²) < 4.78 is 0. The molecule has 236 valence electrons. The molecule has 0 unspecified atom stereocenters. The van der Waals surface area contributed by atoms with Crippen LogP contribution in [0.5, 0.6) is 0 Å². The third-order valence-corrected chi connectivity index (χ3v) is 7.08. The number of rotatable bonds is 6. The van der Waals surface area contributed by atoms with Gasteiger partial charge in [-0.25, -0.2) is 9.97 Å². The highest BCUT2D eigenvalue weighted by Gasteiger charge is 2.06. The van der Waals surface area contributed by atoms with Crippen molar-refractivity contribution in [2.75, 3.05) is 16.0 Å². The fourth-order valence-corrected chi connectivity index (χ4v) is 4.36. The predicted molar refractivity (Wildman–Crippen MR) is 189 cm³/mol. The summed E-state index contributed by atoms with van der Waals surface area (Å²) in [5, 5.41) is 11.0. The minimum atomic E-state index is 0.116. The van der Waals surface area contributed by atoms with E-state index in [1.165, 1.54) is 0 Å². The van der Waals surface area contributed by atoms with Crippen LogP contribution in [0.3, 0.4) is 0 Å². The van der Waals surface area contributed by atoms with Crippen molar-refractivity contribution in [2.24, 2.45) is 21.5 Å². The molecule has 0 aliphatic heterocycles. The Morgan fingerprint density at radius 2 is 1.17 bits per heavy atom. The summed E-state index contributed by atoms with van der Waals surface area (Å²) in [7, 11) is 0. The third-order valence-electron chi connectivity index (χ3n) is 5.41. The van der Waals surface area contributed by atoms with Crippen molar-refractivity contribution in [3.63, 3.8) is 0 Å². The second-order valence-electron chi connectivity index (χ2n) is 9.20. The number of anilines is 4. The van der Waals surface area contributed by atoms with Crippen molar-refractivity contribution >= 4 is 105 Å². The van der Waals surface area contributed by atoms with Gasteiger partial charge in [0.1, 0.15) is 11.0 Å². The lowest BCUT2D eigenvalue weighted by atomic mass is 10.3. The summed E-state index contributed by atoms with van der Waals surface area (Å²) >= 11 is 29.4. The molecule has 3 aromatic heterocycles. The lowest BCUT2D eigenvalue weighted by Gasteiger charge is -2.08. The number of hydrogen-bond donors (Lipinski definition) is 5. The molecule has 5 rings (SSSR count). The number of nitrogens with one attached hydrogen (secondary N) is 3. The summed E-state index contributed by atoms with van der Waals surface area (Å²) in [6.45, 7) is 3.63. The number of guanidine groups is 2. The van der Waals surface area contributed by atoms with Crippen LogP contribution in [0.25, 0.3) is 0 Å². The molecule has 0 aliphatic rings. The van der Waals surface area contributed by atoms with E-state index in [0.29, 0.717) is 48.1 Å². The quantitative estimate of drug-likeness (QED) is 0.0655. The van der Waals surface area contributed by atoms with E-state index in [1.807, 2.05) is 19.1 Å². The zero-order valence-corrected chi connectivity index (χ0v) is 27.9. The molecule has 5 aromatic rings. The summed E-state index contributed by atoms with van der Waals surface area (Å²) in [5.74, 6) is 1.24. The molecule has 0 amide bonds. The Kier molecular flexibility index (Phi) is 12.1. The highest BCUT2D eigenvalue weighted by molar-refractivity contribution is 6.42. The molecule has 0 aliphatic carbocycles. The van der Waals surface area contributed by atoms with Gasteiger partial charge in [0.2, 0.25) is 11.9 Å². The smallest absolute Gasteiger partial charge is 0.254 e. The first-order valence-electron chi connectivity index (χ1n) is 13.1. The summed E-state index contributed by atoms with van der Waals surface area (Å²) in [6, 6.07) is 17.2. The van der Waals surface area contributed by atoms with Crippen LogP contribution in [0.1, 0.15) is 11.4 Å². The first-order valence-corrected chi connectivity index (χ1v) is 15.0. The van der Waals surface area contributed by atoms with Crippen molar-refractivity contribution in [1.82, 2.24) is 24.9 Å². The molecule has 0 bridgehead atoms. The summed E-state index contributed by atoms with van der Waals surface area (Å²) in [6.07, 6.45) is 3.39. The molecule has 12 nitrogen and oxygen atoms in total. The molecular formula is C29H25Cl5N12. The molecule has 46 heavy (non-hydrogen) atoms. The van der Waals surface area contributed by atoms with E-state index in [0.717, 1.165) is 11.4 Å². The van der Waals surface area contributed by atoms with Gasteiger partial charge >= 0.3 is 0 Å². The van der Waals surface area contributed by atoms with Gasteiger partial charge in [0, 0.05) is 35.0 Å². The number of nitrogens with two attached hydrogens (primary N) is 2. The average molecular weight is 719 g/mol. The van der Waals surface area contributed by atoms with Gasteiger partial charge in [-0.15, -0.1) is 0 Å². The van der Waals surface area contributed by atoms with E-state index in [1.54, 1.807) is 67.8 Å². The maximum absolute atomic E-state index is 5.99. The lowest BCUT2D eigenvalue weighted by Crippen LogP contribution is -2.22. The molecule has 0 radical (unpaired) electrons. The highest BCUT2D eigenvalue weighted by atomic mass is 35.5. The average Bonchev–Trinajstić information content (AvgIpc) is 2.97. The molecule has 0 atom stereocenters. The Hall–Kier alpha value is -4.46. The van der Waals surface area contributed by atoms with Crippen molar-refractivity contribution in [3.05, 3.63) is 110 Å². The number of nitrogens with zero attached hydrogens (tertiary/aromatic N) is 7. The number of aliphatic imine (C=N–C) groups is 2. The van der Waals surface area contributed by atoms with Crippen molar-refractivity contribution < 1.29 is 0 Å². The van der Waals surface area contributed by atoms with E-state index in [2.05, 4.69) is 50.9 Å². The first kappa shape index (κ1) is 34.4. The van der Waals surface area contributed by atoms with Gasteiger partial charge in [-0.2, -0.15) is 20.0 Å². The maximum Gasteiger partial charge on any atom is 0.254 e. The van der Waals surface area contributed by atoms with Crippen LogP contribution in [0.2, 0.25) is 25.2 Å². The van der Waals surface area contributed by atoms with Gasteiger partial charge in [0.15, 0.2) is 0 Å². The van der Waals surface area contributed by atoms with Gasteiger partial charge < -0.3 is 27.4 Å². The van der Waals surface area contributed by atoms with Crippen LogP contribution < -0.4 is 27.4 Å². The lowest BCUT2D eigenvalue weighted by molar-refractivity contribution is 1.08. The number of aryl methyl sites for hydroxylation is 2. The molecule has 3 heterocycles. The standard InChI is InChI=1S/C17H15Cl2N7.C12H10Cl3N5/c1-10-7-15(23-12-3-2-6-21-9-12)25-17(22-10)26-16(20)24-11-4-5-13(18)14(19)8-11;1-6-4-10(15)19-12(17-6)20-11(16)18-7-2-3-8(13)9(14)5-7/h2-9H,1H3,(H4,20,22,23,24,25,26);2-5H,1H3,(H3,16,17,18,19,20).